The van der Waals surface area contributed by atoms with E-state index in [0.717, 1.165) is 58.8 Å². The number of hydrogen-bond acceptors (Lipinski definition) is 2. The molecular weight excluding hydrogens is 548 g/mol. The summed E-state index contributed by atoms with van der Waals surface area (Å²) in [4.78, 5) is 2.22. The summed E-state index contributed by atoms with van der Waals surface area (Å²) in [5, 5.41) is 13.6. The maximum absolute atomic E-state index is 14.8. The van der Waals surface area contributed by atoms with Crippen LogP contribution >= 0.6 is 8.58 Å². The highest BCUT2D eigenvalue weighted by molar-refractivity contribution is 7.55. The van der Waals surface area contributed by atoms with Crippen LogP contribution in [0.25, 0.3) is 0 Å². The third kappa shape index (κ3) is 7.42. The summed E-state index contributed by atoms with van der Waals surface area (Å²) in [7, 11) is 0.195. The molecule has 216 valence electrons. The van der Waals surface area contributed by atoms with E-state index < -0.39 is 0 Å². The molecule has 0 heterocycles. The quantitative estimate of drug-likeness (QED) is 0.188. The van der Waals surface area contributed by atoms with E-state index in [1.807, 2.05) is 42.5 Å². The Balaban J connectivity index is 1.35. The molecule has 2 aliphatic carbocycles. The van der Waals surface area contributed by atoms with Crippen LogP contribution in [0.2, 0.25) is 0 Å². The van der Waals surface area contributed by atoms with Crippen molar-refractivity contribution < 1.29 is 9.50 Å². The standard InChI is InChI=1S/C39H37FNOP/c40-34-21-22-37(33(27-34)28-41(35-17-9-3-10-18-35)36-19-11-4-12-20-36)43-38-26-31(23-29-13-5-1-6-14-29)25-32(39(38)42)24-30-15-7-2-8-16-30/h1-13,15,17-22,25-27,29-30,42-43H,14,16,23-24,28H2. The van der Waals surface area contributed by atoms with Crippen molar-refractivity contribution in [1.82, 2.24) is 0 Å². The van der Waals surface area contributed by atoms with Crippen molar-refractivity contribution in [3.05, 3.63) is 162 Å². The van der Waals surface area contributed by atoms with Crippen LogP contribution in [0.4, 0.5) is 15.8 Å². The van der Waals surface area contributed by atoms with E-state index in [0.29, 0.717) is 24.1 Å². The molecule has 0 saturated carbocycles. The van der Waals surface area contributed by atoms with Crippen LogP contribution in [0.5, 0.6) is 5.75 Å². The Hall–Kier alpha value is -4.20. The minimum atomic E-state index is -0.252. The molecular formula is C39H37FNOP. The average molecular weight is 586 g/mol. The lowest BCUT2D eigenvalue weighted by atomic mass is 9.89. The van der Waals surface area contributed by atoms with Crippen LogP contribution in [0.3, 0.4) is 0 Å². The first kappa shape index (κ1) is 28.9. The van der Waals surface area contributed by atoms with Gasteiger partial charge in [-0.05, 0) is 102 Å². The van der Waals surface area contributed by atoms with Gasteiger partial charge in [-0.3, -0.25) is 0 Å². The van der Waals surface area contributed by atoms with Gasteiger partial charge >= 0.3 is 0 Å². The maximum Gasteiger partial charge on any atom is 0.126 e. The van der Waals surface area contributed by atoms with Gasteiger partial charge in [0, 0.05) is 23.2 Å². The Morgan fingerprint density at radius 3 is 1.91 bits per heavy atom. The fourth-order valence-corrected chi connectivity index (χ4v) is 7.26. The van der Waals surface area contributed by atoms with Crippen molar-refractivity contribution in [3.63, 3.8) is 0 Å². The number of nitrogens with zero attached hydrogens (tertiary/aromatic N) is 1. The molecule has 0 amide bonds. The molecule has 2 nitrogen and oxygen atoms in total. The number of phenolic OH excluding ortho intramolecular Hbond substituents is 1. The Labute approximate surface area is 256 Å². The lowest BCUT2D eigenvalue weighted by Crippen LogP contribution is -2.21. The van der Waals surface area contributed by atoms with E-state index in [-0.39, 0.29) is 14.4 Å². The molecule has 43 heavy (non-hydrogen) atoms. The van der Waals surface area contributed by atoms with Crippen LogP contribution in [-0.4, -0.2) is 5.11 Å². The lowest BCUT2D eigenvalue weighted by molar-refractivity contribution is 0.467. The van der Waals surface area contributed by atoms with Gasteiger partial charge in [0.2, 0.25) is 0 Å². The van der Waals surface area contributed by atoms with Gasteiger partial charge < -0.3 is 10.0 Å². The van der Waals surface area contributed by atoms with Crippen molar-refractivity contribution in [2.24, 2.45) is 11.8 Å². The van der Waals surface area contributed by atoms with Gasteiger partial charge in [-0.2, -0.15) is 0 Å². The van der Waals surface area contributed by atoms with Crippen molar-refractivity contribution in [2.45, 2.75) is 32.2 Å². The van der Waals surface area contributed by atoms with Crippen LogP contribution in [0.15, 0.2) is 140 Å². The molecule has 0 bridgehead atoms. The van der Waals surface area contributed by atoms with E-state index in [2.05, 4.69) is 89.9 Å². The van der Waals surface area contributed by atoms with E-state index in [4.69, 9.17) is 0 Å². The third-order valence-electron chi connectivity index (χ3n) is 8.17. The smallest absolute Gasteiger partial charge is 0.126 e. The summed E-state index contributed by atoms with van der Waals surface area (Å²) in [5.74, 6) is 0.939. The molecule has 3 unspecified atom stereocenters. The van der Waals surface area contributed by atoms with Gasteiger partial charge in [0.15, 0.2) is 0 Å². The number of anilines is 2. The molecule has 4 aromatic carbocycles. The SMILES string of the molecule is Oc1c(CC2C=CC=CC2)cc(CC2C=CC=CC2)cc1Pc1ccc(F)cc1CN(c1ccccc1)c1ccccc1. The van der Waals surface area contributed by atoms with E-state index in [9.17, 15) is 9.50 Å². The van der Waals surface area contributed by atoms with Crippen LogP contribution in [0.1, 0.15) is 29.5 Å². The van der Waals surface area contributed by atoms with Gasteiger partial charge in [0.1, 0.15) is 11.6 Å². The van der Waals surface area contributed by atoms with Gasteiger partial charge in [0.05, 0.1) is 0 Å². The molecule has 0 saturated heterocycles. The summed E-state index contributed by atoms with van der Waals surface area (Å²) in [6.45, 7) is 0.514. The first-order valence-electron chi connectivity index (χ1n) is 15.1. The first-order chi connectivity index (χ1) is 21.1. The fraction of sp³-hybridized carbons (Fsp3) is 0.179. The van der Waals surface area contributed by atoms with Crippen molar-refractivity contribution in [3.8, 4) is 5.75 Å². The molecule has 0 spiro atoms. The fourth-order valence-electron chi connectivity index (χ4n) is 5.96. The molecule has 0 aliphatic heterocycles. The molecule has 1 N–H and O–H groups in total. The first-order valence-corrected chi connectivity index (χ1v) is 16.1. The van der Waals surface area contributed by atoms with Crippen molar-refractivity contribution in [1.29, 1.82) is 0 Å². The molecule has 6 rings (SSSR count). The second kappa shape index (κ2) is 13.8. The Morgan fingerprint density at radius 1 is 0.674 bits per heavy atom. The Kier molecular flexibility index (Phi) is 9.31. The number of benzene rings is 4. The predicted molar refractivity (Wildman–Crippen MR) is 181 cm³/mol. The number of phenols is 1. The molecule has 0 fully saturated rings. The highest BCUT2D eigenvalue weighted by atomic mass is 31.1. The third-order valence-corrected chi connectivity index (χ3v) is 9.58. The number of para-hydroxylation sites is 2. The van der Waals surface area contributed by atoms with Gasteiger partial charge in [-0.1, -0.05) is 106 Å². The van der Waals surface area contributed by atoms with Crippen molar-refractivity contribution in [2.75, 3.05) is 4.90 Å². The molecule has 4 heteroatoms. The number of aromatic hydroxyl groups is 1. The number of rotatable bonds is 10. The van der Waals surface area contributed by atoms with Gasteiger partial charge in [0.25, 0.3) is 0 Å². The van der Waals surface area contributed by atoms with E-state index >= 15 is 0 Å². The second-order valence-corrected chi connectivity index (χ2v) is 12.7. The maximum atomic E-state index is 14.8. The molecule has 4 aromatic rings. The van der Waals surface area contributed by atoms with Crippen LogP contribution in [-0.2, 0) is 19.4 Å². The van der Waals surface area contributed by atoms with E-state index in [1.54, 1.807) is 12.1 Å². The summed E-state index contributed by atoms with van der Waals surface area (Å²) < 4.78 is 14.8. The largest absolute Gasteiger partial charge is 0.507 e. The zero-order chi connectivity index (χ0) is 29.4. The van der Waals surface area contributed by atoms with Crippen LogP contribution < -0.4 is 15.5 Å². The summed E-state index contributed by atoms with van der Waals surface area (Å²) in [6.07, 6.45) is 21.1. The van der Waals surface area contributed by atoms with Crippen LogP contribution in [0, 0.1) is 17.7 Å². The summed E-state index contributed by atoms with van der Waals surface area (Å²) in [6, 6.07) is 29.9. The zero-order valence-corrected chi connectivity index (χ0v) is 25.2. The number of halogens is 1. The Morgan fingerprint density at radius 2 is 1.30 bits per heavy atom. The molecule has 3 atom stereocenters. The molecule has 0 radical (unpaired) electrons. The monoisotopic (exact) mass is 585 g/mol. The minimum Gasteiger partial charge on any atom is -0.507 e. The van der Waals surface area contributed by atoms with Crippen molar-refractivity contribution >= 4 is 30.6 Å². The normalized spacial score (nSPS) is 17.6. The number of allylic oxidation sites excluding steroid dienone is 8. The zero-order valence-electron chi connectivity index (χ0n) is 24.2. The summed E-state index contributed by atoms with van der Waals surface area (Å²) in [5.41, 5.74) is 5.25. The second-order valence-electron chi connectivity index (χ2n) is 11.4. The summed E-state index contributed by atoms with van der Waals surface area (Å²) >= 11 is 0. The Bertz CT molecular complexity index is 1620. The molecule has 2 aliphatic rings. The topological polar surface area (TPSA) is 23.5 Å². The number of hydrogen-bond donors (Lipinski definition) is 1. The lowest BCUT2D eigenvalue weighted by Gasteiger charge is -2.26. The molecule has 0 aromatic heterocycles. The van der Waals surface area contributed by atoms with E-state index in [1.165, 1.54) is 5.56 Å². The average Bonchev–Trinajstić information content (AvgIpc) is 3.05. The highest BCUT2D eigenvalue weighted by Gasteiger charge is 2.19. The van der Waals surface area contributed by atoms with Gasteiger partial charge in [-0.25, -0.2) is 4.39 Å². The highest BCUT2D eigenvalue weighted by Crippen LogP contribution is 2.32. The van der Waals surface area contributed by atoms with Gasteiger partial charge in [-0.15, -0.1) is 0 Å². The predicted octanol–water partition coefficient (Wildman–Crippen LogP) is 8.85. The minimum absolute atomic E-state index is 0.195.